The third kappa shape index (κ3) is 5.79. The fourth-order valence-electron chi connectivity index (χ4n) is 9.44. The Morgan fingerprint density at radius 1 is 0.417 bits per heavy atom. The molecule has 0 bridgehead atoms. The van der Waals surface area contributed by atoms with Gasteiger partial charge in [0.25, 0.3) is 0 Å². The second-order valence-corrected chi connectivity index (χ2v) is 16.0. The maximum absolute atomic E-state index is 5.27. The SMILES string of the molecule is CC1(C)c2cc(N(c3ccccc3)c3cccc(N(c4ccccc4)c4ccccc4)c3)ccc2-c2ccc3c(ccc4nc(-c5ccccc5)n(-c5ccccc5)c43)c21. The minimum absolute atomic E-state index is 0.282. The second kappa shape index (κ2) is 14.3. The lowest BCUT2D eigenvalue weighted by Crippen LogP contribution is -2.17. The zero-order valence-electron chi connectivity index (χ0n) is 33.6. The molecule has 0 fully saturated rings. The zero-order valence-corrected chi connectivity index (χ0v) is 33.6. The van der Waals surface area contributed by atoms with Crippen LogP contribution in [0.15, 0.2) is 218 Å². The van der Waals surface area contributed by atoms with Gasteiger partial charge >= 0.3 is 0 Å². The molecule has 0 saturated heterocycles. The summed E-state index contributed by atoms with van der Waals surface area (Å²) in [5, 5.41) is 2.46. The summed E-state index contributed by atoms with van der Waals surface area (Å²) in [7, 11) is 0. The molecule has 0 saturated carbocycles. The van der Waals surface area contributed by atoms with Gasteiger partial charge in [-0.05, 0) is 113 Å². The van der Waals surface area contributed by atoms with Crippen molar-refractivity contribution < 1.29 is 0 Å². The lowest BCUT2D eigenvalue weighted by atomic mass is 9.80. The summed E-state index contributed by atoms with van der Waals surface area (Å²) < 4.78 is 2.34. The maximum Gasteiger partial charge on any atom is 0.145 e. The molecule has 0 spiro atoms. The van der Waals surface area contributed by atoms with E-state index in [0.29, 0.717) is 0 Å². The first-order chi connectivity index (χ1) is 29.5. The van der Waals surface area contributed by atoms with Crippen molar-refractivity contribution in [2.24, 2.45) is 0 Å². The van der Waals surface area contributed by atoms with Gasteiger partial charge in [-0.25, -0.2) is 4.98 Å². The summed E-state index contributed by atoms with van der Waals surface area (Å²) in [4.78, 5) is 9.99. The summed E-state index contributed by atoms with van der Waals surface area (Å²) in [6.07, 6.45) is 0. The summed E-state index contributed by atoms with van der Waals surface area (Å²) in [6.45, 7) is 4.78. The first-order valence-corrected chi connectivity index (χ1v) is 20.6. The van der Waals surface area contributed by atoms with Crippen molar-refractivity contribution in [1.29, 1.82) is 0 Å². The Bertz CT molecular complexity index is 3120. The van der Waals surface area contributed by atoms with Gasteiger partial charge in [0, 0.05) is 56.2 Å². The van der Waals surface area contributed by atoms with Crippen molar-refractivity contribution in [3.8, 4) is 28.2 Å². The molecule has 0 atom stereocenters. The van der Waals surface area contributed by atoms with Crippen LogP contribution >= 0.6 is 0 Å². The van der Waals surface area contributed by atoms with Crippen molar-refractivity contribution in [3.63, 3.8) is 0 Å². The molecular formula is C56H42N4. The Labute approximate surface area is 350 Å². The van der Waals surface area contributed by atoms with Gasteiger partial charge in [-0.1, -0.05) is 147 Å². The molecule has 1 aliphatic rings. The van der Waals surface area contributed by atoms with E-state index in [0.717, 1.165) is 62.2 Å². The minimum Gasteiger partial charge on any atom is -0.310 e. The molecule has 0 radical (unpaired) electrons. The van der Waals surface area contributed by atoms with Gasteiger partial charge in [0.2, 0.25) is 0 Å². The molecule has 4 nitrogen and oxygen atoms in total. The Morgan fingerprint density at radius 3 is 1.50 bits per heavy atom. The number of aromatic nitrogens is 2. The first-order valence-electron chi connectivity index (χ1n) is 20.6. The second-order valence-electron chi connectivity index (χ2n) is 16.0. The van der Waals surface area contributed by atoms with E-state index in [1.807, 2.05) is 0 Å². The van der Waals surface area contributed by atoms with Crippen LogP contribution in [0.5, 0.6) is 0 Å². The Kier molecular flexibility index (Phi) is 8.45. The van der Waals surface area contributed by atoms with Crippen molar-refractivity contribution in [3.05, 3.63) is 230 Å². The number of hydrogen-bond acceptors (Lipinski definition) is 3. The maximum atomic E-state index is 5.27. The number of hydrogen-bond donors (Lipinski definition) is 0. The van der Waals surface area contributed by atoms with Crippen LogP contribution in [0, 0.1) is 0 Å². The van der Waals surface area contributed by atoms with Crippen LogP contribution < -0.4 is 9.80 Å². The molecule has 4 heteroatoms. The summed E-state index contributed by atoms with van der Waals surface area (Å²) in [5.41, 5.74) is 15.9. The lowest BCUT2D eigenvalue weighted by Gasteiger charge is -2.30. The van der Waals surface area contributed by atoms with Crippen LogP contribution in [-0.4, -0.2) is 9.55 Å². The number of fused-ring (bicyclic) bond motifs is 7. The van der Waals surface area contributed by atoms with E-state index in [4.69, 9.17) is 4.98 Å². The minimum atomic E-state index is -0.282. The quantitative estimate of drug-likeness (QED) is 0.154. The average molecular weight is 771 g/mol. The molecule has 1 heterocycles. The van der Waals surface area contributed by atoms with Crippen LogP contribution in [0.1, 0.15) is 25.0 Å². The molecule has 286 valence electrons. The van der Waals surface area contributed by atoms with Gasteiger partial charge in [0.1, 0.15) is 5.82 Å². The van der Waals surface area contributed by atoms with E-state index in [9.17, 15) is 0 Å². The van der Waals surface area contributed by atoms with Crippen LogP contribution in [0.3, 0.4) is 0 Å². The van der Waals surface area contributed by atoms with Gasteiger partial charge in [-0.2, -0.15) is 0 Å². The first kappa shape index (κ1) is 35.5. The lowest BCUT2D eigenvalue weighted by molar-refractivity contribution is 0.666. The third-order valence-electron chi connectivity index (χ3n) is 12.1. The Hall–Kier alpha value is -7.69. The number of nitrogens with zero attached hydrogens (tertiary/aromatic N) is 4. The number of imidazole rings is 1. The fourth-order valence-corrected chi connectivity index (χ4v) is 9.44. The van der Waals surface area contributed by atoms with Gasteiger partial charge in [0.15, 0.2) is 0 Å². The molecular weight excluding hydrogens is 729 g/mol. The predicted molar refractivity (Wildman–Crippen MR) is 251 cm³/mol. The highest BCUT2D eigenvalue weighted by Crippen LogP contribution is 2.54. The van der Waals surface area contributed by atoms with Crippen LogP contribution in [0.25, 0.3) is 50.0 Å². The molecule has 1 aromatic heterocycles. The standard InChI is InChI=1S/C56H42N4/c1-56(2)51-38-46(59(42-25-14-6-15-26-42)45-30-18-29-44(37-45)58(40-21-10-4-11-22-40)41-23-12-5-13-24-41)31-32-47(51)48-33-34-50-49(53(48)56)35-36-52-54(50)60(43-27-16-7-17-28-43)55(57-52)39-19-8-3-9-20-39/h3-38H,1-2H3. The number of benzene rings is 9. The van der Waals surface area contributed by atoms with E-state index >= 15 is 0 Å². The van der Waals surface area contributed by atoms with E-state index < -0.39 is 0 Å². The van der Waals surface area contributed by atoms with Gasteiger partial charge in [0.05, 0.1) is 11.0 Å². The highest BCUT2D eigenvalue weighted by molar-refractivity contribution is 6.11. The monoisotopic (exact) mass is 770 g/mol. The normalized spacial score (nSPS) is 12.6. The van der Waals surface area contributed by atoms with E-state index in [1.165, 1.54) is 33.0 Å². The van der Waals surface area contributed by atoms with Crippen LogP contribution in [0.4, 0.5) is 34.1 Å². The molecule has 0 unspecified atom stereocenters. The number of para-hydroxylation sites is 4. The average Bonchev–Trinajstić information content (AvgIpc) is 3.81. The van der Waals surface area contributed by atoms with Crippen molar-refractivity contribution >= 4 is 55.9 Å². The number of anilines is 6. The molecule has 9 aromatic carbocycles. The molecule has 0 N–H and O–H groups in total. The largest absolute Gasteiger partial charge is 0.310 e. The Balaban J connectivity index is 1.06. The van der Waals surface area contributed by atoms with Gasteiger partial charge < -0.3 is 9.80 Å². The Morgan fingerprint density at radius 2 is 0.900 bits per heavy atom. The van der Waals surface area contributed by atoms with Gasteiger partial charge in [-0.3, -0.25) is 4.57 Å². The predicted octanol–water partition coefficient (Wildman–Crippen LogP) is 15.1. The third-order valence-corrected chi connectivity index (χ3v) is 12.1. The van der Waals surface area contributed by atoms with Crippen molar-refractivity contribution in [2.75, 3.05) is 9.80 Å². The molecule has 0 amide bonds. The van der Waals surface area contributed by atoms with Gasteiger partial charge in [-0.15, -0.1) is 0 Å². The van der Waals surface area contributed by atoms with E-state index in [1.54, 1.807) is 0 Å². The molecule has 11 rings (SSSR count). The highest BCUT2D eigenvalue weighted by atomic mass is 15.2. The topological polar surface area (TPSA) is 24.3 Å². The summed E-state index contributed by atoms with van der Waals surface area (Å²) in [6, 6.07) is 78.2. The molecule has 1 aliphatic carbocycles. The van der Waals surface area contributed by atoms with Crippen LogP contribution in [0.2, 0.25) is 0 Å². The van der Waals surface area contributed by atoms with Crippen LogP contribution in [-0.2, 0) is 5.41 Å². The molecule has 60 heavy (non-hydrogen) atoms. The smallest absolute Gasteiger partial charge is 0.145 e. The zero-order chi connectivity index (χ0) is 40.2. The number of rotatable bonds is 8. The fraction of sp³-hybridized carbons (Fsp3) is 0.0536. The highest BCUT2D eigenvalue weighted by Gasteiger charge is 2.38. The molecule has 0 aliphatic heterocycles. The van der Waals surface area contributed by atoms with E-state index in [2.05, 4.69) is 247 Å². The molecule has 10 aromatic rings. The summed E-state index contributed by atoms with van der Waals surface area (Å²) in [5.74, 6) is 0.942. The van der Waals surface area contributed by atoms with E-state index in [-0.39, 0.29) is 5.41 Å². The van der Waals surface area contributed by atoms with Crippen molar-refractivity contribution in [1.82, 2.24) is 9.55 Å². The van der Waals surface area contributed by atoms with Crippen molar-refractivity contribution in [2.45, 2.75) is 19.3 Å². The summed E-state index contributed by atoms with van der Waals surface area (Å²) >= 11 is 0.